The van der Waals surface area contributed by atoms with Gasteiger partial charge in [-0.3, -0.25) is 4.79 Å². The molecule has 2 heterocycles. The first kappa shape index (κ1) is 11.7. The van der Waals surface area contributed by atoms with E-state index in [-0.39, 0.29) is 0 Å². The fraction of sp³-hybridized carbons (Fsp3) is 0.500. The normalized spacial score (nSPS) is 16.9. The third-order valence-corrected chi connectivity index (χ3v) is 2.93. The Bertz CT molecular complexity index is 385. The van der Waals surface area contributed by atoms with Gasteiger partial charge in [0.1, 0.15) is 11.9 Å². The van der Waals surface area contributed by atoms with E-state index >= 15 is 0 Å². The first-order chi connectivity index (χ1) is 8.16. The summed E-state index contributed by atoms with van der Waals surface area (Å²) in [7, 11) is 0. The van der Waals surface area contributed by atoms with Gasteiger partial charge in [0.2, 0.25) is 0 Å². The Hall–Kier alpha value is -1.78. The molecule has 1 atom stereocenters. The number of aliphatic carboxylic acids is 1. The van der Waals surface area contributed by atoms with E-state index in [4.69, 9.17) is 5.11 Å². The van der Waals surface area contributed by atoms with Crippen LogP contribution in [-0.4, -0.2) is 35.2 Å². The molecular weight excluding hydrogens is 218 g/mol. The number of rotatable bonds is 4. The average Bonchev–Trinajstić information content (AvgIpc) is 2.83. The zero-order chi connectivity index (χ0) is 12.3. The number of hydrogen-bond donors (Lipinski definition) is 2. The molecule has 1 aromatic rings. The number of anilines is 2. The maximum Gasteiger partial charge on any atom is 0.325 e. The average molecular weight is 235 g/mol. The number of carboxylic acid groups (broad SMARTS) is 1. The van der Waals surface area contributed by atoms with E-state index in [9.17, 15) is 4.79 Å². The molecule has 0 amide bonds. The molecule has 1 fully saturated rings. The van der Waals surface area contributed by atoms with Gasteiger partial charge < -0.3 is 15.3 Å². The van der Waals surface area contributed by atoms with E-state index in [2.05, 4.69) is 15.2 Å². The van der Waals surface area contributed by atoms with E-state index in [1.165, 1.54) is 12.8 Å². The van der Waals surface area contributed by atoms with Gasteiger partial charge in [-0.1, -0.05) is 0 Å². The molecule has 0 radical (unpaired) electrons. The van der Waals surface area contributed by atoms with Crippen LogP contribution in [0.3, 0.4) is 0 Å². The fourth-order valence-electron chi connectivity index (χ4n) is 1.92. The fourth-order valence-corrected chi connectivity index (χ4v) is 1.92. The molecule has 1 aliphatic heterocycles. The van der Waals surface area contributed by atoms with Gasteiger partial charge in [0.25, 0.3) is 0 Å². The van der Waals surface area contributed by atoms with Crippen LogP contribution in [0.5, 0.6) is 0 Å². The van der Waals surface area contributed by atoms with E-state index in [0.717, 1.165) is 24.6 Å². The molecule has 1 unspecified atom stereocenters. The highest BCUT2D eigenvalue weighted by molar-refractivity contribution is 5.76. The van der Waals surface area contributed by atoms with Crippen LogP contribution < -0.4 is 10.2 Å². The molecular formula is C12H17N3O2. The third-order valence-electron chi connectivity index (χ3n) is 2.93. The minimum atomic E-state index is -0.867. The van der Waals surface area contributed by atoms with Crippen LogP contribution in [-0.2, 0) is 4.79 Å². The molecule has 2 rings (SSSR count). The lowest BCUT2D eigenvalue weighted by Gasteiger charge is -2.17. The minimum Gasteiger partial charge on any atom is -0.480 e. The second kappa shape index (κ2) is 5.03. The minimum absolute atomic E-state index is 0.602. The Morgan fingerprint density at radius 2 is 2.18 bits per heavy atom. The van der Waals surface area contributed by atoms with Gasteiger partial charge in [-0.15, -0.1) is 0 Å². The topological polar surface area (TPSA) is 65.5 Å². The van der Waals surface area contributed by atoms with Gasteiger partial charge in [0, 0.05) is 13.1 Å². The van der Waals surface area contributed by atoms with Crippen molar-refractivity contribution in [2.75, 3.05) is 23.3 Å². The van der Waals surface area contributed by atoms with Gasteiger partial charge in [-0.2, -0.15) is 0 Å². The second-order valence-corrected chi connectivity index (χ2v) is 4.30. The van der Waals surface area contributed by atoms with Crippen molar-refractivity contribution in [2.45, 2.75) is 25.8 Å². The van der Waals surface area contributed by atoms with Gasteiger partial charge in [-0.25, -0.2) is 4.98 Å². The van der Waals surface area contributed by atoms with Crippen LogP contribution >= 0.6 is 0 Å². The molecule has 0 saturated carbocycles. The molecule has 0 spiro atoms. The summed E-state index contributed by atoms with van der Waals surface area (Å²) in [6.07, 6.45) is 4.13. The zero-order valence-electron chi connectivity index (χ0n) is 9.89. The molecule has 1 saturated heterocycles. The molecule has 1 aliphatic rings. The van der Waals surface area contributed by atoms with Crippen molar-refractivity contribution < 1.29 is 9.90 Å². The molecule has 0 aromatic carbocycles. The van der Waals surface area contributed by atoms with E-state index < -0.39 is 12.0 Å². The van der Waals surface area contributed by atoms with Crippen molar-refractivity contribution in [1.82, 2.24) is 4.98 Å². The largest absolute Gasteiger partial charge is 0.480 e. The number of carboxylic acids is 1. The molecule has 5 heteroatoms. The van der Waals surface area contributed by atoms with Crippen molar-refractivity contribution in [3.05, 3.63) is 18.3 Å². The number of nitrogens with one attached hydrogen (secondary N) is 1. The maximum atomic E-state index is 10.7. The number of aromatic nitrogens is 1. The smallest absolute Gasteiger partial charge is 0.325 e. The predicted molar refractivity (Wildman–Crippen MR) is 66.4 cm³/mol. The molecule has 2 N–H and O–H groups in total. The monoisotopic (exact) mass is 235 g/mol. The van der Waals surface area contributed by atoms with Crippen LogP contribution in [0.2, 0.25) is 0 Å². The summed E-state index contributed by atoms with van der Waals surface area (Å²) in [5, 5.41) is 11.7. The Morgan fingerprint density at radius 3 is 2.71 bits per heavy atom. The highest BCUT2D eigenvalue weighted by Crippen LogP contribution is 2.19. The number of carbonyl (C=O) groups is 1. The van der Waals surface area contributed by atoms with Crippen molar-refractivity contribution in [1.29, 1.82) is 0 Å². The highest BCUT2D eigenvalue weighted by atomic mass is 16.4. The zero-order valence-corrected chi connectivity index (χ0v) is 9.89. The molecule has 0 aliphatic carbocycles. The highest BCUT2D eigenvalue weighted by Gasteiger charge is 2.14. The van der Waals surface area contributed by atoms with Crippen LogP contribution in [0.25, 0.3) is 0 Å². The second-order valence-electron chi connectivity index (χ2n) is 4.30. The predicted octanol–water partition coefficient (Wildman–Crippen LogP) is 1.57. The summed E-state index contributed by atoms with van der Waals surface area (Å²) in [6, 6.07) is 3.21. The van der Waals surface area contributed by atoms with Gasteiger partial charge in [-0.05, 0) is 31.9 Å². The van der Waals surface area contributed by atoms with Crippen LogP contribution in [0.15, 0.2) is 18.3 Å². The standard InChI is InChI=1S/C12H17N3O2/c1-9(12(16)17)14-10-4-5-11(13-8-10)15-6-2-3-7-15/h4-5,8-9,14H,2-3,6-7H2,1H3,(H,16,17). The van der Waals surface area contributed by atoms with Crippen molar-refractivity contribution in [2.24, 2.45) is 0 Å². The number of pyridine rings is 1. The first-order valence-corrected chi connectivity index (χ1v) is 5.87. The van der Waals surface area contributed by atoms with Crippen molar-refractivity contribution in [3.8, 4) is 0 Å². The summed E-state index contributed by atoms with van der Waals surface area (Å²) < 4.78 is 0. The summed E-state index contributed by atoms with van der Waals surface area (Å²) in [5.41, 5.74) is 0.739. The number of hydrogen-bond acceptors (Lipinski definition) is 4. The van der Waals surface area contributed by atoms with Crippen LogP contribution in [0.1, 0.15) is 19.8 Å². The lowest BCUT2D eigenvalue weighted by atomic mass is 10.3. The molecule has 0 bridgehead atoms. The Kier molecular flexibility index (Phi) is 3.46. The first-order valence-electron chi connectivity index (χ1n) is 5.87. The molecule has 92 valence electrons. The Morgan fingerprint density at radius 1 is 1.47 bits per heavy atom. The van der Waals surface area contributed by atoms with Crippen molar-refractivity contribution in [3.63, 3.8) is 0 Å². The Labute approximate surface area is 100 Å². The molecule has 17 heavy (non-hydrogen) atoms. The van der Waals surface area contributed by atoms with E-state index in [0.29, 0.717) is 0 Å². The summed E-state index contributed by atoms with van der Waals surface area (Å²) in [6.45, 7) is 3.73. The quantitative estimate of drug-likeness (QED) is 0.829. The summed E-state index contributed by atoms with van der Waals surface area (Å²) in [4.78, 5) is 17.3. The molecule has 5 nitrogen and oxygen atoms in total. The van der Waals surface area contributed by atoms with Crippen molar-refractivity contribution >= 4 is 17.5 Å². The Balaban J connectivity index is 2.00. The van der Waals surface area contributed by atoms with E-state index in [1.54, 1.807) is 13.1 Å². The van der Waals surface area contributed by atoms with Gasteiger partial charge >= 0.3 is 5.97 Å². The third kappa shape index (κ3) is 2.87. The summed E-state index contributed by atoms with van der Waals surface area (Å²) >= 11 is 0. The summed E-state index contributed by atoms with van der Waals surface area (Å²) in [5.74, 6) is 0.102. The van der Waals surface area contributed by atoms with E-state index in [1.807, 2.05) is 12.1 Å². The lowest BCUT2D eigenvalue weighted by Crippen LogP contribution is -2.25. The van der Waals surface area contributed by atoms with Gasteiger partial charge in [0.15, 0.2) is 0 Å². The van der Waals surface area contributed by atoms with Crippen LogP contribution in [0.4, 0.5) is 11.5 Å². The lowest BCUT2D eigenvalue weighted by molar-refractivity contribution is -0.137. The van der Waals surface area contributed by atoms with Gasteiger partial charge in [0.05, 0.1) is 11.9 Å². The SMILES string of the molecule is CC(Nc1ccc(N2CCCC2)nc1)C(=O)O. The number of nitrogens with zero attached hydrogens (tertiary/aromatic N) is 2. The molecule has 1 aromatic heterocycles. The van der Waals surface area contributed by atoms with Crippen LogP contribution in [0, 0.1) is 0 Å². The maximum absolute atomic E-state index is 10.7.